The molecule has 4 heterocycles. The number of carbonyl (C=O) groups is 1. The van der Waals surface area contributed by atoms with Gasteiger partial charge in [-0.25, -0.2) is 4.79 Å². The molecule has 5 aromatic rings. The molecule has 0 aliphatic heterocycles. The van der Waals surface area contributed by atoms with E-state index in [1.807, 2.05) is 41.0 Å². The SMILES string of the molecule is Cc1ncc(Cl)cc1C(=O)N[C@H]1CC[C@H](Cn2c(=O)n(-c3ccc(-c4c[nH]nn4)nc3)c3ccccc32)CC1. The van der Waals surface area contributed by atoms with Crippen LogP contribution in [0.5, 0.6) is 0 Å². The lowest BCUT2D eigenvalue weighted by molar-refractivity contribution is 0.0919. The summed E-state index contributed by atoms with van der Waals surface area (Å²) in [6.45, 7) is 2.42. The predicted octanol–water partition coefficient (Wildman–Crippen LogP) is 4.32. The van der Waals surface area contributed by atoms with E-state index in [-0.39, 0.29) is 17.6 Å². The van der Waals surface area contributed by atoms with Crippen molar-refractivity contribution < 1.29 is 4.79 Å². The summed E-state index contributed by atoms with van der Waals surface area (Å²) in [4.78, 5) is 35.2. The van der Waals surface area contributed by atoms with Crippen LogP contribution >= 0.6 is 11.6 Å². The molecule has 1 aromatic carbocycles. The quantitative estimate of drug-likeness (QED) is 0.329. The number of hydrogen-bond donors (Lipinski definition) is 2. The Bertz CT molecular complexity index is 1680. The van der Waals surface area contributed by atoms with E-state index in [0.29, 0.717) is 45.8 Å². The normalized spacial score (nSPS) is 17.4. The number of imidazole rings is 1. The number of aromatic amines is 1. The van der Waals surface area contributed by atoms with Crippen LogP contribution in [0.25, 0.3) is 28.1 Å². The Kier molecular flexibility index (Phi) is 6.70. The maximum atomic E-state index is 13.7. The van der Waals surface area contributed by atoms with Crippen LogP contribution < -0.4 is 11.0 Å². The van der Waals surface area contributed by atoms with E-state index in [9.17, 15) is 9.59 Å². The maximum Gasteiger partial charge on any atom is 0.333 e. The molecule has 11 heteroatoms. The number of halogens is 1. The Balaban J connectivity index is 1.18. The van der Waals surface area contributed by atoms with Crippen molar-refractivity contribution in [1.82, 2.24) is 39.8 Å². The summed E-state index contributed by atoms with van der Waals surface area (Å²) in [5.41, 5.74) is 4.81. The fourth-order valence-electron chi connectivity index (χ4n) is 5.38. The molecule has 1 aliphatic carbocycles. The average Bonchev–Trinajstić information content (AvgIpc) is 3.58. The van der Waals surface area contributed by atoms with E-state index < -0.39 is 0 Å². The Morgan fingerprint density at radius 3 is 2.56 bits per heavy atom. The minimum atomic E-state index is -0.145. The Morgan fingerprint density at radius 2 is 1.85 bits per heavy atom. The van der Waals surface area contributed by atoms with Crippen molar-refractivity contribution in [1.29, 1.82) is 0 Å². The van der Waals surface area contributed by atoms with Crippen molar-refractivity contribution in [3.63, 3.8) is 0 Å². The molecule has 6 rings (SSSR count). The van der Waals surface area contributed by atoms with Crippen molar-refractivity contribution in [3.8, 4) is 17.1 Å². The second-order valence-corrected chi connectivity index (χ2v) is 10.4. The first kappa shape index (κ1) is 25.0. The van der Waals surface area contributed by atoms with Gasteiger partial charge < -0.3 is 5.32 Å². The topological polar surface area (TPSA) is 123 Å². The van der Waals surface area contributed by atoms with Gasteiger partial charge in [-0.15, -0.1) is 5.10 Å². The third-order valence-electron chi connectivity index (χ3n) is 7.44. The monoisotopic (exact) mass is 542 g/mol. The van der Waals surface area contributed by atoms with Gasteiger partial charge in [-0.2, -0.15) is 0 Å². The van der Waals surface area contributed by atoms with Gasteiger partial charge in [0.15, 0.2) is 0 Å². The smallest absolute Gasteiger partial charge is 0.333 e. The first-order valence-electron chi connectivity index (χ1n) is 12.9. The fourth-order valence-corrected chi connectivity index (χ4v) is 5.54. The van der Waals surface area contributed by atoms with E-state index in [0.717, 1.165) is 36.7 Å². The maximum absolute atomic E-state index is 13.7. The number of benzene rings is 1. The molecule has 0 saturated heterocycles. The molecule has 1 fully saturated rings. The number of aromatic nitrogens is 7. The lowest BCUT2D eigenvalue weighted by atomic mass is 9.85. The van der Waals surface area contributed by atoms with Gasteiger partial charge in [0.25, 0.3) is 5.91 Å². The van der Waals surface area contributed by atoms with Crippen LogP contribution in [0, 0.1) is 12.8 Å². The van der Waals surface area contributed by atoms with Crippen LogP contribution in [0.2, 0.25) is 5.02 Å². The first-order valence-corrected chi connectivity index (χ1v) is 13.3. The third kappa shape index (κ3) is 4.95. The lowest BCUT2D eigenvalue weighted by Crippen LogP contribution is -2.39. The number of pyridine rings is 2. The molecular formula is C28H27ClN8O2. The van der Waals surface area contributed by atoms with Gasteiger partial charge >= 0.3 is 5.69 Å². The summed E-state index contributed by atoms with van der Waals surface area (Å²) >= 11 is 6.04. The minimum Gasteiger partial charge on any atom is -0.349 e. The zero-order valence-electron chi connectivity index (χ0n) is 21.3. The highest BCUT2D eigenvalue weighted by atomic mass is 35.5. The van der Waals surface area contributed by atoms with Gasteiger partial charge in [0, 0.05) is 18.8 Å². The van der Waals surface area contributed by atoms with E-state index in [4.69, 9.17) is 11.6 Å². The Labute approximate surface area is 229 Å². The number of rotatable bonds is 6. The van der Waals surface area contributed by atoms with Gasteiger partial charge in [-0.05, 0) is 68.9 Å². The number of H-pyrrole nitrogens is 1. The largest absolute Gasteiger partial charge is 0.349 e. The molecule has 10 nitrogen and oxygen atoms in total. The van der Waals surface area contributed by atoms with Crippen LogP contribution in [0.15, 0.2) is 65.8 Å². The van der Waals surface area contributed by atoms with Crippen molar-refractivity contribution >= 4 is 28.5 Å². The van der Waals surface area contributed by atoms with Gasteiger partial charge in [0.1, 0.15) is 5.69 Å². The van der Waals surface area contributed by atoms with Crippen molar-refractivity contribution in [3.05, 3.63) is 87.8 Å². The van der Waals surface area contributed by atoms with Crippen molar-refractivity contribution in [2.45, 2.75) is 45.2 Å². The molecule has 4 aromatic heterocycles. The van der Waals surface area contributed by atoms with Gasteiger partial charge in [-0.3, -0.25) is 29.0 Å². The van der Waals surface area contributed by atoms with Crippen molar-refractivity contribution in [2.24, 2.45) is 5.92 Å². The summed E-state index contributed by atoms with van der Waals surface area (Å²) in [6.07, 6.45) is 8.44. The fraction of sp³-hybridized carbons (Fsp3) is 0.286. The zero-order valence-corrected chi connectivity index (χ0v) is 22.1. The highest BCUT2D eigenvalue weighted by molar-refractivity contribution is 6.30. The van der Waals surface area contributed by atoms with Crippen LogP contribution in [-0.2, 0) is 6.54 Å². The summed E-state index contributed by atoms with van der Waals surface area (Å²) < 4.78 is 3.58. The molecule has 1 amide bonds. The Hall–Kier alpha value is -4.31. The number of fused-ring (bicyclic) bond motifs is 1. The van der Waals surface area contributed by atoms with Crippen LogP contribution in [0.1, 0.15) is 41.7 Å². The highest BCUT2D eigenvalue weighted by Gasteiger charge is 2.26. The van der Waals surface area contributed by atoms with Gasteiger partial charge in [-0.1, -0.05) is 28.9 Å². The second-order valence-electron chi connectivity index (χ2n) is 9.96. The van der Waals surface area contributed by atoms with Crippen LogP contribution in [0.3, 0.4) is 0 Å². The van der Waals surface area contributed by atoms with E-state index >= 15 is 0 Å². The molecule has 0 atom stereocenters. The third-order valence-corrected chi connectivity index (χ3v) is 7.65. The number of carbonyl (C=O) groups excluding carboxylic acids is 1. The van der Waals surface area contributed by atoms with Gasteiger partial charge in [0.05, 0.1) is 51.1 Å². The molecule has 198 valence electrons. The van der Waals surface area contributed by atoms with Gasteiger partial charge in [0.2, 0.25) is 0 Å². The Morgan fingerprint density at radius 1 is 1.05 bits per heavy atom. The summed E-state index contributed by atoms with van der Waals surface area (Å²) in [7, 11) is 0. The molecule has 0 spiro atoms. The van der Waals surface area contributed by atoms with E-state index in [2.05, 4.69) is 30.7 Å². The first-order chi connectivity index (χ1) is 19.0. The zero-order chi connectivity index (χ0) is 26.9. The number of hydrogen-bond acceptors (Lipinski definition) is 6. The minimum absolute atomic E-state index is 0.0829. The van der Waals surface area contributed by atoms with E-state index in [1.54, 1.807) is 36.1 Å². The lowest BCUT2D eigenvalue weighted by Gasteiger charge is -2.29. The number of aryl methyl sites for hydroxylation is 1. The van der Waals surface area contributed by atoms with Crippen LogP contribution in [0.4, 0.5) is 0 Å². The average molecular weight is 543 g/mol. The number of nitrogens with zero attached hydrogens (tertiary/aromatic N) is 6. The summed E-state index contributed by atoms with van der Waals surface area (Å²) in [5.74, 6) is 0.186. The molecule has 1 aliphatic rings. The molecule has 0 radical (unpaired) electrons. The summed E-state index contributed by atoms with van der Waals surface area (Å²) in [5, 5.41) is 14.0. The number of amides is 1. The van der Waals surface area contributed by atoms with E-state index in [1.165, 1.54) is 0 Å². The standard InChI is InChI=1S/C28H27ClN8O2/c1-17-22(12-19(29)13-30-17)27(38)33-20-8-6-18(7-9-20)16-36-25-4-2-3-5-26(25)37(28(36)39)21-10-11-23(31-14-21)24-15-32-35-34-24/h2-5,10-15,18,20H,6-9,16H2,1H3,(H,33,38)(H,32,34,35)/t18-,20-. The second kappa shape index (κ2) is 10.5. The molecule has 39 heavy (non-hydrogen) atoms. The van der Waals surface area contributed by atoms with Crippen LogP contribution in [-0.4, -0.2) is 46.5 Å². The molecule has 0 bridgehead atoms. The molecular weight excluding hydrogens is 516 g/mol. The molecule has 2 N–H and O–H groups in total. The summed E-state index contributed by atoms with van der Waals surface area (Å²) in [6, 6.07) is 13.3. The predicted molar refractivity (Wildman–Crippen MR) is 148 cm³/mol. The molecule has 0 unspecified atom stereocenters. The van der Waals surface area contributed by atoms with Crippen molar-refractivity contribution in [2.75, 3.05) is 0 Å². The number of nitrogens with one attached hydrogen (secondary N) is 2. The molecule has 1 saturated carbocycles. The highest BCUT2D eigenvalue weighted by Crippen LogP contribution is 2.28. The number of para-hydroxylation sites is 2.